The molecule has 1 aliphatic rings. The highest BCUT2D eigenvalue weighted by molar-refractivity contribution is 5.85. The maximum Gasteiger partial charge on any atom is 0.241 e. The van der Waals surface area contributed by atoms with E-state index in [2.05, 4.69) is 6.92 Å². The van der Waals surface area contributed by atoms with Gasteiger partial charge in [-0.3, -0.25) is 9.59 Å². The molecule has 2 N–H and O–H groups in total. The number of rotatable bonds is 3. The predicted octanol–water partition coefficient (Wildman–Crippen LogP) is 0.297. The molecule has 0 aliphatic heterocycles. The summed E-state index contributed by atoms with van der Waals surface area (Å²) in [7, 11) is 5.07. The molecule has 1 rings (SSSR count). The number of hydrogen-bond acceptors (Lipinski definition) is 3. The topological polar surface area (TPSA) is 66.6 Å². The smallest absolute Gasteiger partial charge is 0.241 e. The Labute approximate surface area is 109 Å². The molecule has 5 nitrogen and oxygen atoms in total. The molecule has 0 aromatic carbocycles. The van der Waals surface area contributed by atoms with Crippen LogP contribution in [0.1, 0.15) is 26.2 Å². The molecule has 0 heterocycles. The Balaban J connectivity index is 2.51. The van der Waals surface area contributed by atoms with Crippen LogP contribution in [0.4, 0.5) is 0 Å². The minimum atomic E-state index is -0.0562. The van der Waals surface area contributed by atoms with Gasteiger partial charge >= 0.3 is 0 Å². The third-order valence-electron chi connectivity index (χ3n) is 3.85. The summed E-state index contributed by atoms with van der Waals surface area (Å²) in [5, 5.41) is 0. The van der Waals surface area contributed by atoms with Crippen molar-refractivity contribution < 1.29 is 9.59 Å². The van der Waals surface area contributed by atoms with Crippen LogP contribution in [0, 0.1) is 11.8 Å². The summed E-state index contributed by atoms with van der Waals surface area (Å²) in [6, 6.07) is 0.102. The lowest BCUT2D eigenvalue weighted by Gasteiger charge is -2.33. The van der Waals surface area contributed by atoms with Gasteiger partial charge < -0.3 is 15.5 Å². The molecule has 0 aromatic heterocycles. The van der Waals surface area contributed by atoms with Crippen molar-refractivity contribution in [2.75, 3.05) is 27.7 Å². The van der Waals surface area contributed by atoms with Crippen LogP contribution in [0.2, 0.25) is 0 Å². The van der Waals surface area contributed by atoms with Crippen LogP contribution >= 0.6 is 0 Å². The fourth-order valence-corrected chi connectivity index (χ4v) is 2.32. The molecule has 3 atom stereocenters. The SMILES string of the molecule is CC1CCC(C(=O)N(C)CC(=O)N(C)C)CC1N. The standard InChI is InChI=1S/C13H25N3O2/c1-9-5-6-10(7-11(9)14)13(18)16(4)8-12(17)15(2)3/h9-11H,5-8,14H2,1-4H3. The first-order valence-electron chi connectivity index (χ1n) is 6.53. The molecule has 1 fully saturated rings. The average Bonchev–Trinajstić information content (AvgIpc) is 2.31. The molecule has 0 saturated heterocycles. The summed E-state index contributed by atoms with van der Waals surface area (Å²) in [6.07, 6.45) is 2.61. The Morgan fingerprint density at radius 2 is 1.83 bits per heavy atom. The van der Waals surface area contributed by atoms with Gasteiger partial charge in [0, 0.05) is 33.1 Å². The van der Waals surface area contributed by atoms with Crippen LogP contribution in [0.5, 0.6) is 0 Å². The minimum Gasteiger partial charge on any atom is -0.347 e. The largest absolute Gasteiger partial charge is 0.347 e. The molecule has 0 radical (unpaired) electrons. The van der Waals surface area contributed by atoms with E-state index in [9.17, 15) is 9.59 Å². The summed E-state index contributed by atoms with van der Waals surface area (Å²) in [6.45, 7) is 2.28. The van der Waals surface area contributed by atoms with E-state index in [0.29, 0.717) is 5.92 Å². The van der Waals surface area contributed by atoms with Crippen LogP contribution in [-0.4, -0.2) is 55.3 Å². The third kappa shape index (κ3) is 3.70. The zero-order valence-electron chi connectivity index (χ0n) is 11.8. The molecular weight excluding hydrogens is 230 g/mol. The molecule has 0 spiro atoms. The van der Waals surface area contributed by atoms with E-state index in [1.54, 1.807) is 21.1 Å². The molecule has 1 saturated carbocycles. The van der Waals surface area contributed by atoms with Crippen molar-refractivity contribution >= 4 is 11.8 Å². The van der Waals surface area contributed by atoms with E-state index in [0.717, 1.165) is 19.3 Å². The van der Waals surface area contributed by atoms with Crippen molar-refractivity contribution in [3.8, 4) is 0 Å². The number of carbonyl (C=O) groups excluding carboxylic acids is 2. The number of nitrogens with zero attached hydrogens (tertiary/aromatic N) is 2. The lowest BCUT2D eigenvalue weighted by Crippen LogP contribution is -2.44. The summed E-state index contributed by atoms with van der Waals surface area (Å²) in [5.74, 6) is 0.464. The van der Waals surface area contributed by atoms with Gasteiger partial charge in [0.2, 0.25) is 11.8 Å². The number of hydrogen-bond donors (Lipinski definition) is 1. The minimum absolute atomic E-state index is 0.0174. The summed E-state index contributed by atoms with van der Waals surface area (Å²) in [4.78, 5) is 26.8. The Hall–Kier alpha value is -1.10. The number of nitrogens with two attached hydrogens (primary N) is 1. The molecular formula is C13H25N3O2. The van der Waals surface area contributed by atoms with Crippen LogP contribution in [-0.2, 0) is 9.59 Å². The summed E-state index contributed by atoms with van der Waals surface area (Å²) < 4.78 is 0. The van der Waals surface area contributed by atoms with Crippen molar-refractivity contribution in [2.24, 2.45) is 17.6 Å². The van der Waals surface area contributed by atoms with Gasteiger partial charge in [0.25, 0.3) is 0 Å². The Morgan fingerprint density at radius 3 is 2.33 bits per heavy atom. The average molecular weight is 255 g/mol. The van der Waals surface area contributed by atoms with E-state index in [-0.39, 0.29) is 30.3 Å². The molecule has 3 unspecified atom stereocenters. The molecule has 2 amide bonds. The van der Waals surface area contributed by atoms with Crippen LogP contribution < -0.4 is 5.73 Å². The Kier molecular flexibility index (Phi) is 5.14. The van der Waals surface area contributed by atoms with Crippen LogP contribution in [0.15, 0.2) is 0 Å². The van der Waals surface area contributed by atoms with E-state index in [1.165, 1.54) is 9.80 Å². The normalized spacial score (nSPS) is 27.7. The number of likely N-dealkylation sites (N-methyl/N-ethyl adjacent to an activating group) is 2. The maximum absolute atomic E-state index is 12.2. The van der Waals surface area contributed by atoms with Crippen molar-refractivity contribution in [1.29, 1.82) is 0 Å². The van der Waals surface area contributed by atoms with Crippen LogP contribution in [0.25, 0.3) is 0 Å². The summed E-state index contributed by atoms with van der Waals surface area (Å²) >= 11 is 0. The van der Waals surface area contributed by atoms with Gasteiger partial charge in [0.15, 0.2) is 0 Å². The number of carbonyl (C=O) groups is 2. The molecule has 1 aliphatic carbocycles. The van der Waals surface area contributed by atoms with Gasteiger partial charge in [0.05, 0.1) is 6.54 Å². The van der Waals surface area contributed by atoms with Crippen molar-refractivity contribution in [1.82, 2.24) is 9.80 Å². The van der Waals surface area contributed by atoms with E-state index >= 15 is 0 Å². The second-order valence-corrected chi connectivity index (χ2v) is 5.63. The van der Waals surface area contributed by atoms with Crippen molar-refractivity contribution in [3.05, 3.63) is 0 Å². The van der Waals surface area contributed by atoms with E-state index in [4.69, 9.17) is 5.73 Å². The first kappa shape index (κ1) is 15.0. The predicted molar refractivity (Wildman–Crippen MR) is 70.8 cm³/mol. The Bertz CT molecular complexity index is 317. The zero-order chi connectivity index (χ0) is 13.9. The fourth-order valence-electron chi connectivity index (χ4n) is 2.32. The van der Waals surface area contributed by atoms with Gasteiger partial charge in [-0.25, -0.2) is 0 Å². The lowest BCUT2D eigenvalue weighted by atomic mass is 9.79. The zero-order valence-corrected chi connectivity index (χ0v) is 11.8. The van der Waals surface area contributed by atoms with Gasteiger partial charge in [-0.1, -0.05) is 6.92 Å². The van der Waals surface area contributed by atoms with Gasteiger partial charge in [-0.15, -0.1) is 0 Å². The molecule has 104 valence electrons. The van der Waals surface area contributed by atoms with Crippen molar-refractivity contribution in [3.63, 3.8) is 0 Å². The number of amides is 2. The Morgan fingerprint density at radius 1 is 1.22 bits per heavy atom. The van der Waals surface area contributed by atoms with E-state index in [1.807, 2.05) is 0 Å². The maximum atomic E-state index is 12.2. The highest BCUT2D eigenvalue weighted by Gasteiger charge is 2.31. The fraction of sp³-hybridized carbons (Fsp3) is 0.846. The molecule has 18 heavy (non-hydrogen) atoms. The highest BCUT2D eigenvalue weighted by Crippen LogP contribution is 2.28. The van der Waals surface area contributed by atoms with Gasteiger partial charge in [-0.2, -0.15) is 0 Å². The summed E-state index contributed by atoms with van der Waals surface area (Å²) in [5.41, 5.74) is 6.01. The quantitative estimate of drug-likeness (QED) is 0.788. The highest BCUT2D eigenvalue weighted by atomic mass is 16.2. The molecule has 0 bridgehead atoms. The third-order valence-corrected chi connectivity index (χ3v) is 3.85. The van der Waals surface area contributed by atoms with Gasteiger partial charge in [0.1, 0.15) is 0 Å². The molecule has 5 heteroatoms. The van der Waals surface area contributed by atoms with Crippen LogP contribution in [0.3, 0.4) is 0 Å². The lowest BCUT2D eigenvalue weighted by molar-refractivity contribution is -0.141. The first-order valence-corrected chi connectivity index (χ1v) is 6.53. The van der Waals surface area contributed by atoms with Gasteiger partial charge in [-0.05, 0) is 25.2 Å². The monoisotopic (exact) mass is 255 g/mol. The van der Waals surface area contributed by atoms with E-state index < -0.39 is 0 Å². The molecule has 0 aromatic rings. The second-order valence-electron chi connectivity index (χ2n) is 5.63. The van der Waals surface area contributed by atoms with Crippen molar-refractivity contribution in [2.45, 2.75) is 32.2 Å². The first-order chi connectivity index (χ1) is 8.32. The second kappa shape index (κ2) is 6.18.